The maximum absolute atomic E-state index is 7.67. The Labute approximate surface area is 115 Å². The van der Waals surface area contributed by atoms with E-state index in [1.54, 1.807) is 10.8 Å². The van der Waals surface area contributed by atoms with E-state index in [0.29, 0.717) is 22.4 Å². The van der Waals surface area contributed by atoms with Crippen LogP contribution in [0.5, 0.6) is 0 Å². The van der Waals surface area contributed by atoms with Gasteiger partial charge in [0, 0.05) is 11.8 Å². The third-order valence-electron chi connectivity index (χ3n) is 3.55. The second kappa shape index (κ2) is 4.43. The van der Waals surface area contributed by atoms with Gasteiger partial charge in [0.2, 0.25) is 0 Å². The topological polar surface area (TPSA) is 142 Å². The minimum atomic E-state index is -0.338. The number of aromatic nitrogens is 3. The van der Waals surface area contributed by atoms with Crippen LogP contribution >= 0.6 is 0 Å². The molecule has 1 unspecified atom stereocenters. The molecule has 3 atom stereocenters. The van der Waals surface area contributed by atoms with Crippen molar-refractivity contribution in [2.24, 2.45) is 11.5 Å². The van der Waals surface area contributed by atoms with Crippen molar-refractivity contribution in [1.82, 2.24) is 14.5 Å². The van der Waals surface area contributed by atoms with Gasteiger partial charge in [0.15, 0.2) is 6.23 Å². The van der Waals surface area contributed by atoms with Crippen LogP contribution in [-0.2, 0) is 4.74 Å². The van der Waals surface area contributed by atoms with E-state index in [1.807, 2.05) is 6.92 Å². The summed E-state index contributed by atoms with van der Waals surface area (Å²) in [5.41, 5.74) is 18.7. The minimum absolute atomic E-state index is 0.0763. The van der Waals surface area contributed by atoms with Crippen molar-refractivity contribution in [3.8, 4) is 0 Å². The second-order valence-corrected chi connectivity index (χ2v) is 5.06. The van der Waals surface area contributed by atoms with E-state index < -0.39 is 0 Å². The molecule has 0 bridgehead atoms. The largest absolute Gasteiger partial charge is 0.384 e. The van der Waals surface area contributed by atoms with Gasteiger partial charge in [0.05, 0.1) is 17.5 Å². The first kappa shape index (κ1) is 12.8. The monoisotopic (exact) mass is 275 g/mol. The highest BCUT2D eigenvalue weighted by molar-refractivity contribution is 6.09. The molecule has 8 heteroatoms. The van der Waals surface area contributed by atoms with E-state index in [9.17, 15) is 0 Å². The number of nitrogens with one attached hydrogen (secondary N) is 1. The Balaban J connectivity index is 2.22. The molecule has 106 valence electrons. The molecule has 1 aliphatic heterocycles. The predicted octanol–water partition coefficient (Wildman–Crippen LogP) is -0.0677. The maximum atomic E-state index is 7.67. The first-order valence-electron chi connectivity index (χ1n) is 6.35. The fourth-order valence-electron chi connectivity index (χ4n) is 2.67. The molecule has 20 heavy (non-hydrogen) atoms. The summed E-state index contributed by atoms with van der Waals surface area (Å²) in [6.07, 6.45) is 3.59. The summed E-state index contributed by atoms with van der Waals surface area (Å²) < 4.78 is 7.62. The number of rotatable bonds is 2. The zero-order valence-corrected chi connectivity index (χ0v) is 11.1. The summed E-state index contributed by atoms with van der Waals surface area (Å²) >= 11 is 0. The highest BCUT2D eigenvalue weighted by atomic mass is 16.5. The van der Waals surface area contributed by atoms with Gasteiger partial charge in [-0.15, -0.1) is 0 Å². The molecule has 1 aliphatic rings. The van der Waals surface area contributed by atoms with Gasteiger partial charge in [-0.1, -0.05) is 0 Å². The molecule has 0 aliphatic carbocycles. The maximum Gasteiger partial charge on any atom is 0.150 e. The molecule has 0 radical (unpaired) electrons. The number of anilines is 1. The number of nitrogens with zero attached hydrogens (tertiary/aromatic N) is 3. The Morgan fingerprint density at radius 2 is 2.25 bits per heavy atom. The van der Waals surface area contributed by atoms with Gasteiger partial charge in [-0.3, -0.25) is 5.41 Å². The summed E-state index contributed by atoms with van der Waals surface area (Å²) in [4.78, 5) is 8.19. The van der Waals surface area contributed by atoms with Crippen molar-refractivity contribution in [2.75, 3.05) is 5.73 Å². The molecule has 8 nitrogen and oxygen atoms in total. The van der Waals surface area contributed by atoms with Gasteiger partial charge in [0.1, 0.15) is 23.6 Å². The van der Waals surface area contributed by atoms with Crippen LogP contribution in [0.3, 0.4) is 0 Å². The number of nitrogen functional groups attached to an aromatic ring is 2. The Morgan fingerprint density at radius 1 is 1.50 bits per heavy atom. The summed E-state index contributed by atoms with van der Waals surface area (Å²) in [7, 11) is 0. The van der Waals surface area contributed by atoms with Crippen LogP contribution < -0.4 is 17.2 Å². The van der Waals surface area contributed by atoms with Gasteiger partial charge >= 0.3 is 0 Å². The third kappa shape index (κ3) is 1.81. The number of fused-ring (bicyclic) bond motifs is 1. The fourth-order valence-corrected chi connectivity index (χ4v) is 2.67. The lowest BCUT2D eigenvalue weighted by Gasteiger charge is -2.17. The quantitative estimate of drug-likeness (QED) is 0.446. The number of hydrogen-bond acceptors (Lipinski definition) is 6. The molecular formula is C12H17N7O. The molecule has 0 amide bonds. The number of hydrogen-bond donors (Lipinski definition) is 4. The molecule has 2 aromatic rings. The number of ether oxygens (including phenoxy) is 1. The molecule has 0 spiro atoms. The van der Waals surface area contributed by atoms with E-state index in [2.05, 4.69) is 9.97 Å². The molecular weight excluding hydrogens is 258 g/mol. The molecule has 1 fully saturated rings. The van der Waals surface area contributed by atoms with Gasteiger partial charge < -0.3 is 26.5 Å². The number of amidine groups is 1. The lowest BCUT2D eigenvalue weighted by atomic mass is 10.2. The molecule has 0 saturated carbocycles. The average Bonchev–Trinajstić information content (AvgIpc) is 2.90. The fraction of sp³-hybridized carbons (Fsp3) is 0.417. The van der Waals surface area contributed by atoms with Crippen LogP contribution in [0.2, 0.25) is 0 Å². The Hall–Kier alpha value is -2.19. The van der Waals surface area contributed by atoms with Crippen LogP contribution in [0.4, 0.5) is 5.82 Å². The molecule has 3 heterocycles. The molecule has 1 saturated heterocycles. The summed E-state index contributed by atoms with van der Waals surface area (Å²) in [6.45, 7) is 1.97. The highest BCUT2D eigenvalue weighted by Gasteiger charge is 2.33. The van der Waals surface area contributed by atoms with Crippen LogP contribution in [0.1, 0.15) is 25.1 Å². The van der Waals surface area contributed by atoms with E-state index in [-0.39, 0.29) is 24.2 Å². The van der Waals surface area contributed by atoms with E-state index >= 15 is 0 Å². The van der Waals surface area contributed by atoms with Crippen molar-refractivity contribution in [3.63, 3.8) is 0 Å². The van der Waals surface area contributed by atoms with Gasteiger partial charge in [0.25, 0.3) is 0 Å². The van der Waals surface area contributed by atoms with E-state index in [4.69, 9.17) is 27.3 Å². The predicted molar refractivity (Wildman–Crippen MR) is 75.1 cm³/mol. The van der Waals surface area contributed by atoms with E-state index in [1.165, 1.54) is 6.33 Å². The summed E-state index contributed by atoms with van der Waals surface area (Å²) in [5.74, 6) is 0.202. The Morgan fingerprint density at radius 3 is 2.85 bits per heavy atom. The van der Waals surface area contributed by atoms with Crippen LogP contribution in [0.15, 0.2) is 12.5 Å². The Bertz CT molecular complexity index is 680. The lowest BCUT2D eigenvalue weighted by Crippen LogP contribution is -2.27. The van der Waals surface area contributed by atoms with Crippen LogP contribution in [-0.4, -0.2) is 32.5 Å². The smallest absolute Gasteiger partial charge is 0.150 e. The van der Waals surface area contributed by atoms with Crippen molar-refractivity contribution in [2.45, 2.75) is 31.7 Å². The van der Waals surface area contributed by atoms with Gasteiger partial charge in [-0.05, 0) is 13.3 Å². The van der Waals surface area contributed by atoms with Crippen molar-refractivity contribution in [3.05, 3.63) is 18.1 Å². The number of nitrogens with two attached hydrogens (primary N) is 3. The summed E-state index contributed by atoms with van der Waals surface area (Å²) in [5, 5.41) is 8.23. The standard InChI is InChI=1S/C12H17N7O/c1-5-2-7(13)12(20-5)19-3-6(9(14)15)8-10(16)17-4-18-11(8)19/h3-5,7,12H,2,13H2,1H3,(H3,14,15)(H2,16,17,18)/t5?,7-,12+/m0/s1. The van der Waals surface area contributed by atoms with Crippen LogP contribution in [0, 0.1) is 5.41 Å². The van der Waals surface area contributed by atoms with Crippen LogP contribution in [0.25, 0.3) is 11.0 Å². The first-order valence-corrected chi connectivity index (χ1v) is 6.35. The zero-order chi connectivity index (χ0) is 14.4. The Kier molecular flexibility index (Phi) is 2.84. The SMILES string of the molecule is CC1C[C@H](N)[C@H](n2cc(C(=N)N)c3c(N)ncnc32)O1. The first-order chi connectivity index (χ1) is 9.49. The summed E-state index contributed by atoms with van der Waals surface area (Å²) in [6, 6.07) is -0.142. The highest BCUT2D eigenvalue weighted by Crippen LogP contribution is 2.33. The van der Waals surface area contributed by atoms with Gasteiger partial charge in [-0.2, -0.15) is 0 Å². The molecule has 7 N–H and O–H groups in total. The minimum Gasteiger partial charge on any atom is -0.384 e. The molecule has 3 rings (SSSR count). The second-order valence-electron chi connectivity index (χ2n) is 5.06. The van der Waals surface area contributed by atoms with Crippen molar-refractivity contribution >= 4 is 22.7 Å². The third-order valence-corrected chi connectivity index (χ3v) is 3.55. The zero-order valence-electron chi connectivity index (χ0n) is 11.1. The van der Waals surface area contributed by atoms with Crippen molar-refractivity contribution < 1.29 is 4.74 Å². The normalized spacial score (nSPS) is 26.2. The van der Waals surface area contributed by atoms with Gasteiger partial charge in [-0.25, -0.2) is 9.97 Å². The molecule has 0 aromatic carbocycles. The average molecular weight is 275 g/mol. The lowest BCUT2D eigenvalue weighted by molar-refractivity contribution is 0.00843. The van der Waals surface area contributed by atoms with Crippen molar-refractivity contribution in [1.29, 1.82) is 5.41 Å². The van der Waals surface area contributed by atoms with E-state index in [0.717, 1.165) is 6.42 Å². The molecule has 2 aromatic heterocycles.